The van der Waals surface area contributed by atoms with Crippen LogP contribution < -0.4 is 5.32 Å². The predicted molar refractivity (Wildman–Crippen MR) is 80.0 cm³/mol. The Labute approximate surface area is 127 Å². The van der Waals surface area contributed by atoms with Crippen molar-refractivity contribution in [2.75, 3.05) is 0 Å². The minimum absolute atomic E-state index is 0.120. The third-order valence-corrected chi connectivity index (χ3v) is 3.17. The molecule has 0 aliphatic rings. The van der Waals surface area contributed by atoms with Crippen molar-refractivity contribution in [3.05, 3.63) is 53.4 Å². The molecule has 0 aliphatic carbocycles. The zero-order valence-electron chi connectivity index (χ0n) is 12.4. The Morgan fingerprint density at radius 3 is 2.91 bits per heavy atom. The van der Waals surface area contributed by atoms with Gasteiger partial charge in [-0.05, 0) is 32.0 Å². The molecule has 0 saturated heterocycles. The molecule has 0 fully saturated rings. The smallest absolute Gasteiger partial charge is 0.252 e. The molecule has 7 heteroatoms. The molecule has 3 rings (SSSR count). The molecule has 0 aromatic carbocycles. The summed E-state index contributed by atoms with van der Waals surface area (Å²) in [6.45, 7) is 4.23. The van der Waals surface area contributed by atoms with E-state index in [2.05, 4.69) is 25.4 Å². The Morgan fingerprint density at radius 1 is 1.27 bits per heavy atom. The standard InChI is InChI=1S/C15H16N6O/c1-10-7-11(2)21-15(18-10)19-13(20-21)8-14(22)17-9-12-5-3-4-6-16-12/h3-7H,8-9H2,1-2H3,(H,17,22). The van der Waals surface area contributed by atoms with Crippen LogP contribution in [0.2, 0.25) is 0 Å². The number of rotatable bonds is 4. The summed E-state index contributed by atoms with van der Waals surface area (Å²) in [4.78, 5) is 24.7. The number of fused-ring (bicyclic) bond motifs is 1. The van der Waals surface area contributed by atoms with Crippen LogP contribution in [-0.4, -0.2) is 30.5 Å². The normalized spacial score (nSPS) is 10.8. The molecular formula is C15H16N6O. The van der Waals surface area contributed by atoms with E-state index in [9.17, 15) is 4.79 Å². The fourth-order valence-corrected chi connectivity index (χ4v) is 2.18. The van der Waals surface area contributed by atoms with Crippen LogP contribution in [-0.2, 0) is 17.8 Å². The largest absolute Gasteiger partial charge is 0.350 e. The van der Waals surface area contributed by atoms with Crippen LogP contribution in [0.5, 0.6) is 0 Å². The van der Waals surface area contributed by atoms with Gasteiger partial charge in [-0.2, -0.15) is 4.98 Å². The molecule has 0 atom stereocenters. The molecule has 1 N–H and O–H groups in total. The zero-order chi connectivity index (χ0) is 15.5. The second-order valence-electron chi connectivity index (χ2n) is 5.05. The van der Waals surface area contributed by atoms with Crippen LogP contribution in [0.25, 0.3) is 5.78 Å². The molecule has 112 valence electrons. The predicted octanol–water partition coefficient (Wildman–Crippen LogP) is 0.995. The Hall–Kier alpha value is -2.83. The van der Waals surface area contributed by atoms with Gasteiger partial charge in [0, 0.05) is 17.6 Å². The van der Waals surface area contributed by atoms with Gasteiger partial charge in [0.2, 0.25) is 5.91 Å². The van der Waals surface area contributed by atoms with Crippen molar-refractivity contribution in [3.63, 3.8) is 0 Å². The maximum atomic E-state index is 12.0. The summed E-state index contributed by atoms with van der Waals surface area (Å²) in [5.41, 5.74) is 2.63. The number of hydrogen-bond acceptors (Lipinski definition) is 5. The fraction of sp³-hybridized carbons (Fsp3) is 0.267. The van der Waals surface area contributed by atoms with Crippen LogP contribution in [0.3, 0.4) is 0 Å². The summed E-state index contributed by atoms with van der Waals surface area (Å²) >= 11 is 0. The summed E-state index contributed by atoms with van der Waals surface area (Å²) in [6.07, 6.45) is 1.82. The van der Waals surface area contributed by atoms with E-state index in [-0.39, 0.29) is 12.3 Å². The van der Waals surface area contributed by atoms with E-state index < -0.39 is 0 Å². The van der Waals surface area contributed by atoms with Crippen molar-refractivity contribution in [2.45, 2.75) is 26.8 Å². The molecule has 3 aromatic heterocycles. The lowest BCUT2D eigenvalue weighted by Crippen LogP contribution is -2.25. The van der Waals surface area contributed by atoms with Gasteiger partial charge >= 0.3 is 0 Å². The Balaban J connectivity index is 1.68. The van der Waals surface area contributed by atoms with Crippen molar-refractivity contribution in [1.82, 2.24) is 29.9 Å². The minimum Gasteiger partial charge on any atom is -0.350 e. The van der Waals surface area contributed by atoms with Crippen LogP contribution in [0, 0.1) is 13.8 Å². The van der Waals surface area contributed by atoms with Gasteiger partial charge in [0.1, 0.15) is 0 Å². The van der Waals surface area contributed by atoms with Crippen molar-refractivity contribution >= 4 is 11.7 Å². The number of nitrogens with one attached hydrogen (secondary N) is 1. The Kier molecular flexibility index (Phi) is 3.78. The molecule has 22 heavy (non-hydrogen) atoms. The molecule has 0 spiro atoms. The lowest BCUT2D eigenvalue weighted by Gasteiger charge is -2.02. The molecule has 0 bridgehead atoms. The Morgan fingerprint density at radius 2 is 2.14 bits per heavy atom. The van der Waals surface area contributed by atoms with Crippen LogP contribution in [0.1, 0.15) is 22.9 Å². The Bertz CT molecular complexity index is 812. The van der Waals surface area contributed by atoms with Gasteiger partial charge in [0.25, 0.3) is 5.78 Å². The van der Waals surface area contributed by atoms with E-state index in [0.717, 1.165) is 17.1 Å². The number of aromatic nitrogens is 5. The molecule has 3 aromatic rings. The summed E-state index contributed by atoms with van der Waals surface area (Å²) < 4.78 is 1.65. The third-order valence-electron chi connectivity index (χ3n) is 3.17. The van der Waals surface area contributed by atoms with Crippen LogP contribution >= 0.6 is 0 Å². The average Bonchev–Trinajstić information content (AvgIpc) is 2.89. The molecule has 0 saturated carbocycles. The first-order valence-electron chi connectivity index (χ1n) is 6.98. The highest BCUT2D eigenvalue weighted by molar-refractivity contribution is 5.77. The zero-order valence-corrected chi connectivity index (χ0v) is 12.4. The number of aryl methyl sites for hydroxylation is 2. The summed E-state index contributed by atoms with van der Waals surface area (Å²) in [5, 5.41) is 7.12. The van der Waals surface area contributed by atoms with Gasteiger partial charge in [-0.15, -0.1) is 5.10 Å². The minimum atomic E-state index is -0.143. The van der Waals surface area contributed by atoms with Crippen LogP contribution in [0.4, 0.5) is 0 Å². The van der Waals surface area contributed by atoms with Gasteiger partial charge < -0.3 is 5.32 Å². The quantitative estimate of drug-likeness (QED) is 0.776. The van der Waals surface area contributed by atoms with Gasteiger partial charge in [0.05, 0.1) is 18.7 Å². The lowest BCUT2D eigenvalue weighted by atomic mass is 10.3. The molecule has 0 radical (unpaired) electrons. The van der Waals surface area contributed by atoms with Crippen molar-refractivity contribution in [3.8, 4) is 0 Å². The van der Waals surface area contributed by atoms with E-state index in [0.29, 0.717) is 18.1 Å². The molecule has 1 amide bonds. The number of nitrogens with zero attached hydrogens (tertiary/aromatic N) is 5. The van der Waals surface area contributed by atoms with Crippen molar-refractivity contribution in [1.29, 1.82) is 0 Å². The highest BCUT2D eigenvalue weighted by atomic mass is 16.1. The fourth-order valence-electron chi connectivity index (χ4n) is 2.18. The third kappa shape index (κ3) is 3.08. The van der Waals surface area contributed by atoms with Gasteiger partial charge in [-0.1, -0.05) is 6.07 Å². The second-order valence-corrected chi connectivity index (χ2v) is 5.05. The monoisotopic (exact) mass is 296 g/mol. The van der Waals surface area contributed by atoms with E-state index in [4.69, 9.17) is 0 Å². The maximum absolute atomic E-state index is 12.0. The van der Waals surface area contributed by atoms with Gasteiger partial charge in [-0.3, -0.25) is 9.78 Å². The summed E-state index contributed by atoms with van der Waals surface area (Å²) in [7, 11) is 0. The number of pyridine rings is 1. The topological polar surface area (TPSA) is 85.1 Å². The number of amides is 1. The first-order valence-corrected chi connectivity index (χ1v) is 6.98. The van der Waals surface area contributed by atoms with Gasteiger partial charge in [-0.25, -0.2) is 9.50 Å². The number of carbonyl (C=O) groups is 1. The highest BCUT2D eigenvalue weighted by Gasteiger charge is 2.11. The van der Waals surface area contributed by atoms with Crippen LogP contribution in [0.15, 0.2) is 30.5 Å². The number of hydrogen-bond donors (Lipinski definition) is 1. The molecular weight excluding hydrogens is 280 g/mol. The van der Waals surface area contributed by atoms with E-state index in [1.807, 2.05) is 38.1 Å². The van der Waals surface area contributed by atoms with Gasteiger partial charge in [0.15, 0.2) is 5.82 Å². The molecule has 0 aliphatic heterocycles. The summed E-state index contributed by atoms with van der Waals surface area (Å²) in [6, 6.07) is 7.50. The molecule has 7 nitrogen and oxygen atoms in total. The first kappa shape index (κ1) is 14.1. The average molecular weight is 296 g/mol. The van der Waals surface area contributed by atoms with E-state index in [1.54, 1.807) is 10.7 Å². The number of carbonyl (C=O) groups excluding carboxylic acids is 1. The van der Waals surface area contributed by atoms with E-state index >= 15 is 0 Å². The lowest BCUT2D eigenvalue weighted by molar-refractivity contribution is -0.120. The highest BCUT2D eigenvalue weighted by Crippen LogP contribution is 2.05. The summed E-state index contributed by atoms with van der Waals surface area (Å²) in [5.74, 6) is 0.834. The molecule has 3 heterocycles. The maximum Gasteiger partial charge on any atom is 0.252 e. The van der Waals surface area contributed by atoms with E-state index in [1.165, 1.54) is 0 Å². The van der Waals surface area contributed by atoms with Crippen molar-refractivity contribution < 1.29 is 4.79 Å². The molecule has 0 unspecified atom stereocenters. The first-order chi connectivity index (χ1) is 10.6. The SMILES string of the molecule is Cc1cc(C)n2nc(CC(=O)NCc3ccccn3)nc2n1. The second kappa shape index (κ2) is 5.88. The van der Waals surface area contributed by atoms with Crippen molar-refractivity contribution in [2.24, 2.45) is 0 Å².